The van der Waals surface area contributed by atoms with E-state index in [2.05, 4.69) is 39.9 Å². The minimum Gasteiger partial charge on any atom is -0.385 e. The second-order valence-electron chi connectivity index (χ2n) is 5.50. The highest BCUT2D eigenvalue weighted by Crippen LogP contribution is 2.24. The third-order valence-electron chi connectivity index (χ3n) is 3.85. The molecule has 3 aromatic rings. The first-order valence-corrected chi connectivity index (χ1v) is 7.96. The van der Waals surface area contributed by atoms with Gasteiger partial charge in [-0.15, -0.1) is 0 Å². The van der Waals surface area contributed by atoms with Gasteiger partial charge in [0.25, 0.3) is 0 Å². The molecule has 0 bridgehead atoms. The molecule has 0 aliphatic heterocycles. The highest BCUT2D eigenvalue weighted by molar-refractivity contribution is 5.91. The molecular weight excluding hydrogens is 288 g/mol. The maximum Gasteiger partial charge on any atom is 0.0945 e. The summed E-state index contributed by atoms with van der Waals surface area (Å²) in [7, 11) is 0. The summed E-state index contributed by atoms with van der Waals surface area (Å²) in [5, 5.41) is 8.89. The molecule has 0 saturated heterocycles. The van der Waals surface area contributed by atoms with Crippen LogP contribution in [0.25, 0.3) is 16.6 Å². The van der Waals surface area contributed by atoms with E-state index in [-0.39, 0.29) is 0 Å². The molecule has 0 atom stereocenters. The van der Waals surface area contributed by atoms with Crippen LogP contribution in [0.2, 0.25) is 0 Å². The molecule has 0 amide bonds. The Morgan fingerprint density at radius 2 is 2.09 bits per heavy atom. The molecule has 0 aliphatic carbocycles. The highest BCUT2D eigenvalue weighted by atomic mass is 15.3. The number of nitrogens with two attached hydrogens (primary N) is 1. The molecule has 0 saturated carbocycles. The van der Waals surface area contributed by atoms with Crippen molar-refractivity contribution >= 4 is 22.3 Å². The lowest BCUT2D eigenvalue weighted by Crippen LogP contribution is -2.07. The van der Waals surface area contributed by atoms with Crippen LogP contribution in [-0.2, 0) is 0 Å². The normalized spacial score (nSPS) is 10.9. The van der Waals surface area contributed by atoms with Crippen LogP contribution in [0.1, 0.15) is 26.2 Å². The Labute approximate surface area is 135 Å². The first kappa shape index (κ1) is 15.3. The van der Waals surface area contributed by atoms with E-state index >= 15 is 0 Å². The predicted octanol–water partition coefficient (Wildman–Crippen LogP) is 3.31. The van der Waals surface area contributed by atoms with Gasteiger partial charge in [0.05, 0.1) is 35.5 Å². The van der Waals surface area contributed by atoms with Gasteiger partial charge in [0.1, 0.15) is 0 Å². The van der Waals surface area contributed by atoms with Crippen molar-refractivity contribution in [3.8, 4) is 5.69 Å². The van der Waals surface area contributed by atoms with E-state index in [9.17, 15) is 0 Å². The molecule has 2 heterocycles. The zero-order valence-corrected chi connectivity index (χ0v) is 13.3. The van der Waals surface area contributed by atoms with Crippen LogP contribution < -0.4 is 16.6 Å². The molecule has 6 heteroatoms. The van der Waals surface area contributed by atoms with Gasteiger partial charge in [-0.05, 0) is 24.6 Å². The predicted molar refractivity (Wildman–Crippen MR) is 94.7 cm³/mol. The van der Waals surface area contributed by atoms with Crippen molar-refractivity contribution in [3.05, 3.63) is 42.9 Å². The lowest BCUT2D eigenvalue weighted by molar-refractivity contribution is 0.743. The molecule has 0 fully saturated rings. The van der Waals surface area contributed by atoms with Gasteiger partial charge in [-0.2, -0.15) is 5.10 Å². The molecule has 4 N–H and O–H groups in total. The maximum absolute atomic E-state index is 5.53. The summed E-state index contributed by atoms with van der Waals surface area (Å²) in [5.74, 6) is 5.53. The minimum absolute atomic E-state index is 0.766. The van der Waals surface area contributed by atoms with Crippen LogP contribution in [0.5, 0.6) is 0 Å². The standard InChI is InChI=1S/C17H22N6/c1-2-3-4-8-20-13-6-5-7-14(9-13)23-17-12-19-11-16(22-18)15(17)10-21-23/h5-7,9-12,20,22H,2-4,8,18H2,1H3. The lowest BCUT2D eigenvalue weighted by atomic mass is 10.2. The summed E-state index contributed by atoms with van der Waals surface area (Å²) in [6.07, 6.45) is 8.95. The molecule has 0 spiro atoms. The molecule has 0 unspecified atom stereocenters. The molecule has 3 rings (SSSR count). The molecule has 0 aliphatic rings. The SMILES string of the molecule is CCCCCNc1cccc(-n2ncc3c(NN)cncc32)c1. The molecule has 2 aromatic heterocycles. The molecule has 6 nitrogen and oxygen atoms in total. The average molecular weight is 310 g/mol. The second-order valence-corrected chi connectivity index (χ2v) is 5.50. The van der Waals surface area contributed by atoms with E-state index in [0.717, 1.165) is 34.5 Å². The fourth-order valence-electron chi connectivity index (χ4n) is 2.62. The van der Waals surface area contributed by atoms with Gasteiger partial charge in [-0.25, -0.2) is 4.68 Å². The van der Waals surface area contributed by atoms with Crippen LogP contribution in [0.3, 0.4) is 0 Å². The largest absolute Gasteiger partial charge is 0.385 e. The summed E-state index contributed by atoms with van der Waals surface area (Å²) in [6.45, 7) is 3.20. The number of pyridine rings is 1. The highest BCUT2D eigenvalue weighted by Gasteiger charge is 2.09. The summed E-state index contributed by atoms with van der Waals surface area (Å²) >= 11 is 0. The minimum atomic E-state index is 0.766. The van der Waals surface area contributed by atoms with Crippen molar-refractivity contribution in [1.29, 1.82) is 0 Å². The van der Waals surface area contributed by atoms with Crippen molar-refractivity contribution in [1.82, 2.24) is 14.8 Å². The molecule has 1 aromatic carbocycles. The Morgan fingerprint density at radius 3 is 2.91 bits per heavy atom. The Kier molecular flexibility index (Phi) is 4.73. The number of hydrogen-bond donors (Lipinski definition) is 3. The van der Waals surface area contributed by atoms with E-state index in [1.807, 2.05) is 16.8 Å². The van der Waals surface area contributed by atoms with Crippen molar-refractivity contribution in [3.63, 3.8) is 0 Å². The monoisotopic (exact) mass is 310 g/mol. The number of hydrogen-bond acceptors (Lipinski definition) is 5. The summed E-state index contributed by atoms with van der Waals surface area (Å²) in [5.41, 5.74) is 6.44. The number of anilines is 2. The number of fused-ring (bicyclic) bond motifs is 1. The zero-order chi connectivity index (χ0) is 16.1. The maximum atomic E-state index is 5.53. The summed E-state index contributed by atoms with van der Waals surface area (Å²) in [6, 6.07) is 8.24. The summed E-state index contributed by atoms with van der Waals surface area (Å²) < 4.78 is 1.88. The third kappa shape index (κ3) is 3.27. The van der Waals surface area contributed by atoms with Gasteiger partial charge in [-0.3, -0.25) is 10.8 Å². The number of rotatable bonds is 7. The first-order valence-electron chi connectivity index (χ1n) is 7.96. The number of nitrogens with one attached hydrogen (secondary N) is 2. The van der Waals surface area contributed by atoms with Crippen LogP contribution in [0.15, 0.2) is 42.9 Å². The fraction of sp³-hybridized carbons (Fsp3) is 0.294. The van der Waals surface area contributed by atoms with Crippen LogP contribution in [0, 0.1) is 0 Å². The van der Waals surface area contributed by atoms with E-state index < -0.39 is 0 Å². The van der Waals surface area contributed by atoms with E-state index in [4.69, 9.17) is 5.84 Å². The van der Waals surface area contributed by atoms with Gasteiger partial charge in [0.2, 0.25) is 0 Å². The molecule has 0 radical (unpaired) electrons. The second kappa shape index (κ2) is 7.11. The Morgan fingerprint density at radius 1 is 1.17 bits per heavy atom. The smallest absolute Gasteiger partial charge is 0.0945 e. The van der Waals surface area contributed by atoms with E-state index in [1.165, 1.54) is 19.3 Å². The number of benzene rings is 1. The Bertz CT molecular complexity index is 780. The average Bonchev–Trinajstić information content (AvgIpc) is 3.03. The fourth-order valence-corrected chi connectivity index (χ4v) is 2.62. The van der Waals surface area contributed by atoms with Gasteiger partial charge in [0.15, 0.2) is 0 Å². The van der Waals surface area contributed by atoms with Crippen LogP contribution in [-0.4, -0.2) is 21.3 Å². The lowest BCUT2D eigenvalue weighted by Gasteiger charge is -2.09. The summed E-state index contributed by atoms with van der Waals surface area (Å²) in [4.78, 5) is 4.22. The van der Waals surface area contributed by atoms with E-state index in [0.29, 0.717) is 0 Å². The third-order valence-corrected chi connectivity index (χ3v) is 3.85. The van der Waals surface area contributed by atoms with Gasteiger partial charge < -0.3 is 10.7 Å². The van der Waals surface area contributed by atoms with Crippen molar-refractivity contribution < 1.29 is 0 Å². The number of nitrogen functional groups attached to an aromatic ring is 1. The van der Waals surface area contributed by atoms with E-state index in [1.54, 1.807) is 18.6 Å². The Balaban J connectivity index is 1.87. The van der Waals surface area contributed by atoms with Crippen molar-refractivity contribution in [2.45, 2.75) is 26.2 Å². The number of unbranched alkanes of at least 4 members (excludes halogenated alkanes) is 2. The molecule has 23 heavy (non-hydrogen) atoms. The number of hydrazine groups is 1. The van der Waals surface area contributed by atoms with Crippen LogP contribution in [0.4, 0.5) is 11.4 Å². The van der Waals surface area contributed by atoms with Gasteiger partial charge in [-0.1, -0.05) is 25.8 Å². The number of aromatic nitrogens is 3. The topological polar surface area (TPSA) is 80.8 Å². The number of nitrogens with zero attached hydrogens (tertiary/aromatic N) is 3. The first-order chi connectivity index (χ1) is 11.3. The van der Waals surface area contributed by atoms with Crippen molar-refractivity contribution in [2.75, 3.05) is 17.3 Å². The quantitative estimate of drug-likeness (QED) is 0.354. The zero-order valence-electron chi connectivity index (χ0n) is 13.3. The Hall–Kier alpha value is -2.60. The molecule has 120 valence electrons. The van der Waals surface area contributed by atoms with Crippen molar-refractivity contribution in [2.24, 2.45) is 5.84 Å². The van der Waals surface area contributed by atoms with Gasteiger partial charge in [0, 0.05) is 17.6 Å². The van der Waals surface area contributed by atoms with Gasteiger partial charge >= 0.3 is 0 Å². The van der Waals surface area contributed by atoms with Crippen LogP contribution >= 0.6 is 0 Å². The molecular formula is C17H22N6.